The van der Waals surface area contributed by atoms with Crippen LogP contribution >= 0.6 is 0 Å². The highest BCUT2D eigenvalue weighted by Gasteiger charge is 2.06. The smallest absolute Gasteiger partial charge is 0.163 e. The fourth-order valence-corrected chi connectivity index (χ4v) is 1.54. The lowest BCUT2D eigenvalue weighted by molar-refractivity contribution is 0.370. The van der Waals surface area contributed by atoms with Crippen LogP contribution in [0.4, 0.5) is 0 Å². The number of phenols is 1. The molecule has 0 bridgehead atoms. The summed E-state index contributed by atoms with van der Waals surface area (Å²) in [6.45, 7) is 2.59. The number of aromatic hydroxyl groups is 1. The van der Waals surface area contributed by atoms with Gasteiger partial charge in [0.25, 0.3) is 0 Å². The number of benzene rings is 1. The Labute approximate surface area is 84.5 Å². The van der Waals surface area contributed by atoms with Crippen LogP contribution in [0.3, 0.4) is 0 Å². The highest BCUT2D eigenvalue weighted by atomic mass is 16.5. The Bertz CT molecular complexity index is 287. The molecular weight excluding hydrogens is 178 g/mol. The van der Waals surface area contributed by atoms with Crippen molar-refractivity contribution in [2.75, 3.05) is 13.7 Å². The van der Waals surface area contributed by atoms with E-state index in [0.717, 1.165) is 24.0 Å². The van der Waals surface area contributed by atoms with Crippen molar-refractivity contribution >= 4 is 0 Å². The number of aryl methyl sites for hydroxylation is 2. The number of hydrogen-bond acceptors (Lipinski definition) is 3. The zero-order valence-electron chi connectivity index (χ0n) is 8.71. The van der Waals surface area contributed by atoms with E-state index in [1.807, 2.05) is 13.0 Å². The van der Waals surface area contributed by atoms with Crippen LogP contribution in [0.5, 0.6) is 11.5 Å². The number of phenolic OH excluding ortho intramolecular Hbond substituents is 1. The first-order chi connectivity index (χ1) is 6.69. The Hall–Kier alpha value is -1.22. The van der Waals surface area contributed by atoms with Gasteiger partial charge in [-0.15, -0.1) is 0 Å². The Kier molecular flexibility index (Phi) is 3.77. The molecule has 1 rings (SSSR count). The average Bonchev–Trinajstić information content (AvgIpc) is 2.14. The maximum absolute atomic E-state index is 9.62. The third kappa shape index (κ3) is 2.39. The van der Waals surface area contributed by atoms with Crippen molar-refractivity contribution in [3.05, 3.63) is 23.3 Å². The molecule has 78 valence electrons. The molecular formula is C11H17NO2. The summed E-state index contributed by atoms with van der Waals surface area (Å²) in [5.41, 5.74) is 7.48. The van der Waals surface area contributed by atoms with E-state index in [1.165, 1.54) is 0 Å². The van der Waals surface area contributed by atoms with E-state index in [0.29, 0.717) is 12.3 Å². The molecule has 0 aliphatic rings. The number of rotatable bonds is 4. The average molecular weight is 195 g/mol. The van der Waals surface area contributed by atoms with Gasteiger partial charge in [-0.1, -0.05) is 6.07 Å². The lowest BCUT2D eigenvalue weighted by Gasteiger charge is -2.09. The van der Waals surface area contributed by atoms with Crippen molar-refractivity contribution in [2.45, 2.75) is 19.8 Å². The van der Waals surface area contributed by atoms with Crippen molar-refractivity contribution < 1.29 is 9.84 Å². The highest BCUT2D eigenvalue weighted by Crippen LogP contribution is 2.31. The van der Waals surface area contributed by atoms with E-state index in [1.54, 1.807) is 13.2 Å². The van der Waals surface area contributed by atoms with Crippen molar-refractivity contribution in [2.24, 2.45) is 5.73 Å². The molecule has 0 aromatic heterocycles. The molecule has 0 aliphatic carbocycles. The van der Waals surface area contributed by atoms with Crippen LogP contribution in [0.25, 0.3) is 0 Å². The summed E-state index contributed by atoms with van der Waals surface area (Å²) in [7, 11) is 1.56. The third-order valence-electron chi connectivity index (χ3n) is 2.19. The number of hydrogen-bond donors (Lipinski definition) is 2. The first-order valence-corrected chi connectivity index (χ1v) is 4.75. The summed E-state index contributed by atoms with van der Waals surface area (Å²) in [6, 6.07) is 3.76. The molecule has 1 aromatic carbocycles. The van der Waals surface area contributed by atoms with Gasteiger partial charge in [-0.3, -0.25) is 0 Å². The number of methoxy groups -OCH3 is 1. The largest absolute Gasteiger partial charge is 0.504 e. The van der Waals surface area contributed by atoms with E-state index in [9.17, 15) is 5.11 Å². The third-order valence-corrected chi connectivity index (χ3v) is 2.19. The summed E-state index contributed by atoms with van der Waals surface area (Å²) >= 11 is 0. The predicted molar refractivity (Wildman–Crippen MR) is 56.8 cm³/mol. The second kappa shape index (κ2) is 4.86. The van der Waals surface area contributed by atoms with Gasteiger partial charge < -0.3 is 15.6 Å². The van der Waals surface area contributed by atoms with E-state index in [4.69, 9.17) is 10.5 Å². The Morgan fingerprint density at radius 2 is 2.14 bits per heavy atom. The van der Waals surface area contributed by atoms with E-state index in [2.05, 4.69) is 0 Å². The minimum absolute atomic E-state index is 0.208. The maximum atomic E-state index is 9.62. The first-order valence-electron chi connectivity index (χ1n) is 4.75. The van der Waals surface area contributed by atoms with Crippen LogP contribution in [0.2, 0.25) is 0 Å². The highest BCUT2D eigenvalue weighted by molar-refractivity contribution is 5.47. The standard InChI is InChI=1S/C11H17NO2/c1-8-6-9(4-3-5-12)7-10(13)11(8)14-2/h6-7,13H,3-5,12H2,1-2H3. The maximum Gasteiger partial charge on any atom is 0.163 e. The summed E-state index contributed by atoms with van der Waals surface area (Å²) in [5.74, 6) is 0.765. The lowest BCUT2D eigenvalue weighted by atomic mass is 10.1. The normalized spacial score (nSPS) is 10.2. The molecule has 0 saturated heterocycles. The fraction of sp³-hybridized carbons (Fsp3) is 0.455. The molecule has 0 fully saturated rings. The summed E-state index contributed by atoms with van der Waals surface area (Å²) in [6.07, 6.45) is 1.83. The van der Waals surface area contributed by atoms with E-state index in [-0.39, 0.29) is 5.75 Å². The fourth-order valence-electron chi connectivity index (χ4n) is 1.54. The summed E-state index contributed by atoms with van der Waals surface area (Å²) in [5, 5.41) is 9.62. The Morgan fingerprint density at radius 3 is 2.64 bits per heavy atom. The Morgan fingerprint density at radius 1 is 1.43 bits per heavy atom. The van der Waals surface area contributed by atoms with Crippen LogP contribution in [-0.4, -0.2) is 18.8 Å². The van der Waals surface area contributed by atoms with Gasteiger partial charge in [0.15, 0.2) is 11.5 Å². The molecule has 3 heteroatoms. The molecule has 0 saturated carbocycles. The minimum Gasteiger partial charge on any atom is -0.504 e. The van der Waals surface area contributed by atoms with Crippen LogP contribution in [0.1, 0.15) is 17.5 Å². The van der Waals surface area contributed by atoms with E-state index < -0.39 is 0 Å². The molecule has 0 spiro atoms. The van der Waals surface area contributed by atoms with Gasteiger partial charge in [-0.25, -0.2) is 0 Å². The van der Waals surface area contributed by atoms with Crippen molar-refractivity contribution in [1.29, 1.82) is 0 Å². The molecule has 0 amide bonds. The van der Waals surface area contributed by atoms with Gasteiger partial charge in [0.2, 0.25) is 0 Å². The van der Waals surface area contributed by atoms with Gasteiger partial charge >= 0.3 is 0 Å². The predicted octanol–water partition coefficient (Wildman–Crippen LogP) is 1.60. The van der Waals surface area contributed by atoms with Crippen LogP contribution < -0.4 is 10.5 Å². The molecule has 1 aromatic rings. The quantitative estimate of drug-likeness (QED) is 0.767. The SMILES string of the molecule is COc1c(C)cc(CCCN)cc1O. The summed E-state index contributed by atoms with van der Waals surface area (Å²) < 4.78 is 5.06. The molecule has 0 radical (unpaired) electrons. The Balaban J connectivity index is 2.90. The topological polar surface area (TPSA) is 55.5 Å². The van der Waals surface area contributed by atoms with Crippen molar-refractivity contribution in [3.63, 3.8) is 0 Å². The van der Waals surface area contributed by atoms with Gasteiger partial charge in [0.05, 0.1) is 7.11 Å². The minimum atomic E-state index is 0.208. The lowest BCUT2D eigenvalue weighted by Crippen LogP contribution is -2.00. The zero-order valence-corrected chi connectivity index (χ0v) is 8.71. The van der Waals surface area contributed by atoms with Gasteiger partial charge in [0, 0.05) is 0 Å². The van der Waals surface area contributed by atoms with Crippen LogP contribution in [0.15, 0.2) is 12.1 Å². The molecule has 3 nitrogen and oxygen atoms in total. The zero-order chi connectivity index (χ0) is 10.6. The van der Waals surface area contributed by atoms with Crippen molar-refractivity contribution in [3.8, 4) is 11.5 Å². The van der Waals surface area contributed by atoms with Crippen molar-refractivity contribution in [1.82, 2.24) is 0 Å². The molecule has 0 unspecified atom stereocenters. The molecule has 3 N–H and O–H groups in total. The second-order valence-corrected chi connectivity index (χ2v) is 3.36. The van der Waals surface area contributed by atoms with Gasteiger partial charge in [-0.05, 0) is 43.5 Å². The second-order valence-electron chi connectivity index (χ2n) is 3.36. The monoisotopic (exact) mass is 195 g/mol. The first kappa shape index (κ1) is 10.9. The molecule has 0 aliphatic heterocycles. The molecule has 0 atom stereocenters. The van der Waals surface area contributed by atoms with E-state index >= 15 is 0 Å². The molecule has 14 heavy (non-hydrogen) atoms. The van der Waals surface area contributed by atoms with Crippen LogP contribution in [0, 0.1) is 6.92 Å². The van der Waals surface area contributed by atoms with Gasteiger partial charge in [-0.2, -0.15) is 0 Å². The number of nitrogens with two attached hydrogens (primary N) is 1. The molecule has 0 heterocycles. The summed E-state index contributed by atoms with van der Waals surface area (Å²) in [4.78, 5) is 0. The van der Waals surface area contributed by atoms with Crippen LogP contribution in [-0.2, 0) is 6.42 Å². The number of ether oxygens (including phenoxy) is 1. The van der Waals surface area contributed by atoms with Gasteiger partial charge in [0.1, 0.15) is 0 Å².